The Morgan fingerprint density at radius 2 is 2.00 bits per heavy atom. The summed E-state index contributed by atoms with van der Waals surface area (Å²) in [5.41, 5.74) is 0.446. The number of ether oxygens (including phenoxy) is 1. The van der Waals surface area contributed by atoms with Crippen LogP contribution in [0.5, 0.6) is 0 Å². The molecule has 2 heterocycles. The molecule has 1 saturated carbocycles. The summed E-state index contributed by atoms with van der Waals surface area (Å²) < 4.78 is 6.05. The Morgan fingerprint density at radius 1 is 1.26 bits per heavy atom. The van der Waals surface area contributed by atoms with Gasteiger partial charge in [-0.25, -0.2) is 0 Å². The van der Waals surface area contributed by atoms with Gasteiger partial charge in [0, 0.05) is 30.8 Å². The molecule has 3 rings (SSSR count). The van der Waals surface area contributed by atoms with Gasteiger partial charge in [-0.2, -0.15) is 5.10 Å². The van der Waals surface area contributed by atoms with Gasteiger partial charge in [-0.3, -0.25) is 14.7 Å². The van der Waals surface area contributed by atoms with E-state index in [1.807, 2.05) is 0 Å². The quantitative estimate of drug-likeness (QED) is 0.799. The van der Waals surface area contributed by atoms with E-state index < -0.39 is 0 Å². The lowest BCUT2D eigenvalue weighted by atomic mass is 9.82. The largest absolute Gasteiger partial charge is 0.376 e. The molecule has 0 aromatic carbocycles. The van der Waals surface area contributed by atoms with Gasteiger partial charge in [-0.1, -0.05) is 6.92 Å². The predicted octanol–water partition coefficient (Wildman–Crippen LogP) is 2.50. The monoisotopic (exact) mass is 376 g/mol. The number of hydrogen-bond donors (Lipinski definition) is 2. The Balaban J connectivity index is 1.65. The molecule has 0 spiro atoms. The van der Waals surface area contributed by atoms with Crippen LogP contribution in [0.15, 0.2) is 12.3 Å². The Hall–Kier alpha value is -1.89. The second-order valence-electron chi connectivity index (χ2n) is 7.99. The Kier molecular flexibility index (Phi) is 6.52. The molecule has 2 fully saturated rings. The molecule has 7 nitrogen and oxygen atoms in total. The molecule has 2 N–H and O–H groups in total. The predicted molar refractivity (Wildman–Crippen MR) is 102 cm³/mol. The molecule has 27 heavy (non-hydrogen) atoms. The lowest BCUT2D eigenvalue weighted by Crippen LogP contribution is -2.51. The normalized spacial score (nSPS) is 31.1. The number of nitrogens with one attached hydrogen (secondary N) is 2. The van der Waals surface area contributed by atoms with Crippen molar-refractivity contribution >= 4 is 11.8 Å². The minimum atomic E-state index is -0.172. The van der Waals surface area contributed by atoms with Gasteiger partial charge in [0.25, 0.3) is 5.91 Å². The first-order valence-electron chi connectivity index (χ1n) is 10.2. The molecule has 1 aliphatic heterocycles. The van der Waals surface area contributed by atoms with Crippen molar-refractivity contribution in [2.24, 2.45) is 5.92 Å². The SMILES string of the molecule is CCCO[C@H]1C[C@@H](C(=O)N2[C@H](C)CC[C@@H]2C)CC[C@@H]1NC(=O)c1ccn[nH]1. The van der Waals surface area contributed by atoms with Crippen LogP contribution in [-0.4, -0.2) is 57.7 Å². The maximum absolute atomic E-state index is 13.1. The Labute approximate surface area is 161 Å². The molecule has 2 aliphatic rings. The summed E-state index contributed by atoms with van der Waals surface area (Å²) in [5, 5.41) is 9.59. The lowest BCUT2D eigenvalue weighted by Gasteiger charge is -2.38. The van der Waals surface area contributed by atoms with Crippen molar-refractivity contribution in [3.05, 3.63) is 18.0 Å². The first kappa shape index (κ1) is 19.9. The second kappa shape index (κ2) is 8.87. The minimum Gasteiger partial charge on any atom is -0.376 e. The number of likely N-dealkylation sites (tertiary alicyclic amines) is 1. The summed E-state index contributed by atoms with van der Waals surface area (Å²) in [7, 11) is 0. The van der Waals surface area contributed by atoms with Crippen LogP contribution in [0.25, 0.3) is 0 Å². The molecular formula is C20H32N4O3. The van der Waals surface area contributed by atoms with Gasteiger partial charge in [0.1, 0.15) is 5.69 Å². The molecule has 2 amide bonds. The van der Waals surface area contributed by atoms with E-state index in [4.69, 9.17) is 4.74 Å². The Bertz CT molecular complexity index is 623. The number of nitrogens with zero attached hydrogens (tertiary/aromatic N) is 2. The zero-order valence-corrected chi connectivity index (χ0v) is 16.6. The topological polar surface area (TPSA) is 87.3 Å². The number of aromatic amines is 1. The first-order valence-corrected chi connectivity index (χ1v) is 10.2. The fraction of sp³-hybridized carbons (Fsp3) is 0.750. The highest BCUT2D eigenvalue weighted by Crippen LogP contribution is 2.33. The molecular weight excluding hydrogens is 344 g/mol. The molecule has 0 bridgehead atoms. The van der Waals surface area contributed by atoms with E-state index >= 15 is 0 Å². The fourth-order valence-electron chi connectivity index (χ4n) is 4.44. The second-order valence-corrected chi connectivity index (χ2v) is 7.99. The smallest absolute Gasteiger partial charge is 0.269 e. The van der Waals surface area contributed by atoms with E-state index in [0.717, 1.165) is 32.1 Å². The summed E-state index contributed by atoms with van der Waals surface area (Å²) in [4.78, 5) is 27.6. The van der Waals surface area contributed by atoms with Crippen molar-refractivity contribution in [2.45, 2.75) is 83.5 Å². The van der Waals surface area contributed by atoms with E-state index in [2.05, 4.69) is 41.2 Å². The average Bonchev–Trinajstić information content (AvgIpc) is 3.30. The van der Waals surface area contributed by atoms with E-state index in [9.17, 15) is 9.59 Å². The van der Waals surface area contributed by atoms with Crippen molar-refractivity contribution in [1.82, 2.24) is 20.4 Å². The molecule has 1 aromatic heterocycles. The highest BCUT2D eigenvalue weighted by atomic mass is 16.5. The van der Waals surface area contributed by atoms with E-state index in [-0.39, 0.29) is 29.9 Å². The van der Waals surface area contributed by atoms with Gasteiger partial charge in [0.15, 0.2) is 0 Å². The third kappa shape index (κ3) is 4.51. The van der Waals surface area contributed by atoms with Gasteiger partial charge >= 0.3 is 0 Å². The highest BCUT2D eigenvalue weighted by Gasteiger charge is 2.40. The highest BCUT2D eigenvalue weighted by molar-refractivity contribution is 5.92. The van der Waals surface area contributed by atoms with Crippen molar-refractivity contribution in [3.63, 3.8) is 0 Å². The van der Waals surface area contributed by atoms with E-state index in [0.29, 0.717) is 30.8 Å². The Morgan fingerprint density at radius 3 is 2.63 bits per heavy atom. The van der Waals surface area contributed by atoms with Crippen molar-refractivity contribution in [3.8, 4) is 0 Å². The van der Waals surface area contributed by atoms with Crippen LogP contribution in [0.3, 0.4) is 0 Å². The van der Waals surface area contributed by atoms with Crippen LogP contribution in [0.4, 0.5) is 0 Å². The maximum Gasteiger partial charge on any atom is 0.269 e. The molecule has 150 valence electrons. The minimum absolute atomic E-state index is 0.0184. The summed E-state index contributed by atoms with van der Waals surface area (Å²) in [6.07, 6.45) is 6.72. The summed E-state index contributed by atoms with van der Waals surface area (Å²) >= 11 is 0. The van der Waals surface area contributed by atoms with Gasteiger partial charge in [-0.15, -0.1) is 0 Å². The fourth-order valence-corrected chi connectivity index (χ4v) is 4.44. The standard InChI is InChI=1S/C20H32N4O3/c1-4-11-27-18-12-15(20(26)24-13(2)5-6-14(24)3)7-8-16(18)22-19(25)17-9-10-21-23-17/h9-10,13-16,18H,4-8,11-12H2,1-3H3,(H,21,23)(H,22,25)/t13-,14+,15-,16-,18-/m0/s1. The van der Waals surface area contributed by atoms with Crippen LogP contribution < -0.4 is 5.32 Å². The summed E-state index contributed by atoms with van der Waals surface area (Å²) in [6, 6.07) is 2.22. The number of hydrogen-bond acceptors (Lipinski definition) is 4. The van der Waals surface area contributed by atoms with Crippen LogP contribution in [0.2, 0.25) is 0 Å². The van der Waals surface area contributed by atoms with Gasteiger partial charge in [0.05, 0.1) is 12.1 Å². The number of carbonyl (C=O) groups excluding carboxylic acids is 2. The van der Waals surface area contributed by atoms with Crippen LogP contribution >= 0.6 is 0 Å². The van der Waals surface area contributed by atoms with E-state index in [1.54, 1.807) is 12.3 Å². The molecule has 7 heteroatoms. The van der Waals surface area contributed by atoms with Crippen molar-refractivity contribution < 1.29 is 14.3 Å². The van der Waals surface area contributed by atoms with Gasteiger partial charge < -0.3 is 15.0 Å². The molecule has 1 saturated heterocycles. The zero-order valence-electron chi connectivity index (χ0n) is 16.6. The average molecular weight is 377 g/mol. The molecule has 0 radical (unpaired) electrons. The van der Waals surface area contributed by atoms with Crippen molar-refractivity contribution in [2.75, 3.05) is 6.61 Å². The molecule has 0 unspecified atom stereocenters. The maximum atomic E-state index is 13.1. The van der Waals surface area contributed by atoms with Crippen LogP contribution in [-0.2, 0) is 9.53 Å². The lowest BCUT2D eigenvalue weighted by molar-refractivity contribution is -0.141. The third-order valence-electron chi connectivity index (χ3n) is 5.95. The van der Waals surface area contributed by atoms with Gasteiger partial charge in [0.2, 0.25) is 5.91 Å². The number of H-pyrrole nitrogens is 1. The third-order valence-corrected chi connectivity index (χ3v) is 5.95. The molecule has 1 aromatic rings. The van der Waals surface area contributed by atoms with Crippen LogP contribution in [0.1, 0.15) is 69.8 Å². The first-order chi connectivity index (χ1) is 13.0. The number of rotatable bonds is 6. The summed E-state index contributed by atoms with van der Waals surface area (Å²) in [5.74, 6) is 0.0697. The summed E-state index contributed by atoms with van der Waals surface area (Å²) in [6.45, 7) is 6.99. The number of amides is 2. The molecule has 5 atom stereocenters. The zero-order chi connectivity index (χ0) is 19.4. The van der Waals surface area contributed by atoms with Gasteiger partial charge in [-0.05, 0) is 58.4 Å². The van der Waals surface area contributed by atoms with Crippen molar-refractivity contribution in [1.29, 1.82) is 0 Å². The molecule has 1 aliphatic carbocycles. The number of carbonyl (C=O) groups is 2. The number of aromatic nitrogens is 2. The van der Waals surface area contributed by atoms with Crippen LogP contribution in [0, 0.1) is 5.92 Å². The van der Waals surface area contributed by atoms with E-state index in [1.165, 1.54) is 0 Å².